The van der Waals surface area contributed by atoms with E-state index in [1.807, 2.05) is 55.7 Å². The minimum absolute atomic E-state index is 0.0542. The lowest BCUT2D eigenvalue weighted by Crippen LogP contribution is -2.58. The average molecular weight is 963 g/mol. The molecule has 4 rings (SSSR count). The zero-order chi connectivity index (χ0) is 51.2. The van der Waals surface area contributed by atoms with Crippen LogP contribution in [0.4, 0.5) is 8.78 Å². The van der Waals surface area contributed by atoms with Gasteiger partial charge in [0.25, 0.3) is 11.8 Å². The number of imide groups is 1. The summed E-state index contributed by atoms with van der Waals surface area (Å²) in [4.78, 5) is 114. The molecule has 1 aromatic heterocycles. The molecular weight excluding hydrogens is 903 g/mol. The number of aliphatic carboxylic acids is 2. The summed E-state index contributed by atoms with van der Waals surface area (Å²) in [5.74, 6) is -9.80. The fourth-order valence-electron chi connectivity index (χ4n) is 7.41. The summed E-state index contributed by atoms with van der Waals surface area (Å²) in [7, 11) is 0. The van der Waals surface area contributed by atoms with E-state index in [1.54, 1.807) is 26.1 Å². The predicted octanol–water partition coefficient (Wildman–Crippen LogP) is 2.54. The van der Waals surface area contributed by atoms with Crippen LogP contribution in [-0.4, -0.2) is 117 Å². The maximum Gasteiger partial charge on any atom is 0.326 e. The quantitative estimate of drug-likeness (QED) is 0.0570. The van der Waals surface area contributed by atoms with Crippen LogP contribution in [0.15, 0.2) is 72.9 Å². The predicted molar refractivity (Wildman–Crippen MR) is 246 cm³/mol. The van der Waals surface area contributed by atoms with Gasteiger partial charge in [0.05, 0.1) is 6.04 Å². The Morgan fingerprint density at radius 2 is 1.39 bits per heavy atom. The molecule has 1 aliphatic rings. The lowest BCUT2D eigenvalue weighted by Gasteiger charge is -2.33. The highest BCUT2D eigenvalue weighted by molar-refractivity contribution is 6.14. The van der Waals surface area contributed by atoms with Crippen molar-refractivity contribution in [3.05, 3.63) is 95.8 Å². The number of aromatic nitrogens is 1. The Balaban J connectivity index is 1.55. The van der Waals surface area contributed by atoms with Crippen LogP contribution < -0.4 is 31.9 Å². The average Bonchev–Trinajstić information content (AvgIpc) is 3.82. The molecule has 3 aromatic rings. The van der Waals surface area contributed by atoms with E-state index in [0.717, 1.165) is 35.9 Å². The third kappa shape index (κ3) is 16.2. The summed E-state index contributed by atoms with van der Waals surface area (Å²) in [6, 6.07) is 8.62. The first-order valence-electron chi connectivity index (χ1n) is 22.3. The summed E-state index contributed by atoms with van der Waals surface area (Å²) in [6.45, 7) is 9.93. The van der Waals surface area contributed by atoms with Gasteiger partial charge < -0.3 is 46.7 Å². The van der Waals surface area contributed by atoms with Crippen molar-refractivity contribution >= 4 is 53.3 Å². The highest BCUT2D eigenvalue weighted by Crippen LogP contribution is 2.37. The summed E-state index contributed by atoms with van der Waals surface area (Å²) < 4.78 is 31.5. The molecule has 0 aliphatic carbocycles. The number of benzene rings is 2. The molecule has 0 unspecified atom stereocenters. The fraction of sp³-hybridized carbons (Fsp3) is 0.438. The standard InChI is InChI=1S/C48H60F2N8O11/c1-27(2)42(56-38(60)26-58-39(61)15-16-40(58)62)46(67)53-28(3)44(65)55-34(45(66)52-21-19-37(59)54-35(47(68)69)14-17-41(63)64)18-20-51-43(48(4,5)6)36-22-30(32-23-31(49)12-13-33(32)50)25-57(36)24-29-10-8-7-9-11-29/h7-13,15-16,22-23,25,27-28,34-35,42-43,51H,14,17-21,24,26H2,1-6H3,(H,52,66)(H,53,67)(H,54,59)(H,55,65)(H,56,60)(H,63,64)(H,68,69)/t28-,34+,35-,42-,43+/m1/s1. The number of nitrogens with zero attached hydrogens (tertiary/aromatic N) is 2. The second-order valence-electron chi connectivity index (χ2n) is 18.0. The van der Waals surface area contributed by atoms with Gasteiger partial charge in [-0.15, -0.1) is 0 Å². The van der Waals surface area contributed by atoms with Gasteiger partial charge >= 0.3 is 11.9 Å². The second-order valence-corrected chi connectivity index (χ2v) is 18.0. The topological polar surface area (TPSA) is 274 Å². The van der Waals surface area contributed by atoms with Crippen LogP contribution in [0.2, 0.25) is 0 Å². The van der Waals surface area contributed by atoms with Gasteiger partial charge in [-0.05, 0) is 67.5 Å². The van der Waals surface area contributed by atoms with Crippen LogP contribution in [0.1, 0.15) is 84.5 Å². The zero-order valence-corrected chi connectivity index (χ0v) is 39.3. The SMILES string of the molecule is CC(C)[C@@H](NC(=O)CN1C(=O)C=CC1=O)C(=O)N[C@H](C)C(=O)N[C@@H](CCN[C@@H](c1cc(-c2cc(F)ccc2F)cn1Cc1ccccc1)C(C)(C)C)C(=O)NCCC(=O)N[C@H](CCC(=O)O)C(=O)O. The van der Waals surface area contributed by atoms with Gasteiger partial charge in [0, 0.05) is 61.1 Å². The summed E-state index contributed by atoms with van der Waals surface area (Å²) in [5, 5.41) is 34.3. The van der Waals surface area contributed by atoms with Crippen molar-refractivity contribution in [3.8, 4) is 11.1 Å². The van der Waals surface area contributed by atoms with Crippen molar-refractivity contribution in [3.63, 3.8) is 0 Å². The first kappa shape index (κ1) is 54.3. The molecule has 0 saturated heterocycles. The molecule has 8 N–H and O–H groups in total. The second kappa shape index (κ2) is 24.6. The van der Waals surface area contributed by atoms with Gasteiger partial charge in [-0.3, -0.25) is 43.3 Å². The smallest absolute Gasteiger partial charge is 0.326 e. The molecule has 7 amide bonds. The van der Waals surface area contributed by atoms with Gasteiger partial charge in [0.2, 0.25) is 29.5 Å². The Kier molecular flexibility index (Phi) is 19.4. The first-order valence-corrected chi connectivity index (χ1v) is 22.3. The Morgan fingerprint density at radius 1 is 0.725 bits per heavy atom. The van der Waals surface area contributed by atoms with Crippen molar-refractivity contribution in [2.45, 2.75) is 104 Å². The molecule has 2 aromatic carbocycles. The van der Waals surface area contributed by atoms with Crippen molar-refractivity contribution in [2.75, 3.05) is 19.6 Å². The molecule has 19 nitrogen and oxygen atoms in total. The Bertz CT molecular complexity index is 2400. The van der Waals surface area contributed by atoms with Crippen molar-refractivity contribution in [2.24, 2.45) is 11.3 Å². The number of hydrogen-bond donors (Lipinski definition) is 8. The van der Waals surface area contributed by atoms with Gasteiger partial charge in [-0.1, -0.05) is 65.0 Å². The molecule has 372 valence electrons. The minimum Gasteiger partial charge on any atom is -0.481 e. The largest absolute Gasteiger partial charge is 0.481 e. The zero-order valence-electron chi connectivity index (χ0n) is 39.3. The highest BCUT2D eigenvalue weighted by Gasteiger charge is 2.33. The molecular formula is C48H60F2N8O11. The summed E-state index contributed by atoms with van der Waals surface area (Å²) in [5.41, 5.74) is 1.55. The molecule has 2 heterocycles. The summed E-state index contributed by atoms with van der Waals surface area (Å²) >= 11 is 0. The van der Waals surface area contributed by atoms with Gasteiger partial charge in [0.1, 0.15) is 42.3 Å². The number of nitrogens with one attached hydrogen (secondary N) is 6. The number of halogens is 2. The van der Waals surface area contributed by atoms with Crippen LogP contribution in [0.25, 0.3) is 11.1 Å². The van der Waals surface area contributed by atoms with Crippen LogP contribution in [-0.2, 0) is 49.7 Å². The lowest BCUT2D eigenvalue weighted by molar-refractivity contribution is -0.143. The molecule has 0 fully saturated rings. The Hall–Kier alpha value is -7.29. The van der Waals surface area contributed by atoms with E-state index in [4.69, 9.17) is 5.11 Å². The molecule has 21 heteroatoms. The van der Waals surface area contributed by atoms with Gasteiger partial charge in [-0.2, -0.15) is 0 Å². The number of amides is 7. The van der Waals surface area contributed by atoms with E-state index in [0.29, 0.717) is 22.7 Å². The van der Waals surface area contributed by atoms with Gasteiger partial charge in [-0.25, -0.2) is 13.6 Å². The van der Waals surface area contributed by atoms with E-state index >= 15 is 4.39 Å². The molecule has 5 atom stereocenters. The third-order valence-corrected chi connectivity index (χ3v) is 11.1. The number of rotatable bonds is 25. The van der Waals surface area contributed by atoms with Crippen LogP contribution in [0, 0.1) is 23.0 Å². The third-order valence-electron chi connectivity index (χ3n) is 11.1. The van der Waals surface area contributed by atoms with E-state index in [2.05, 4.69) is 31.9 Å². The molecule has 0 saturated carbocycles. The molecule has 0 bridgehead atoms. The fourth-order valence-corrected chi connectivity index (χ4v) is 7.41. The number of carbonyl (C=O) groups is 9. The lowest BCUT2D eigenvalue weighted by atomic mass is 9.84. The number of carbonyl (C=O) groups excluding carboxylic acids is 7. The van der Waals surface area contributed by atoms with E-state index in [-0.39, 0.29) is 31.5 Å². The molecule has 0 spiro atoms. The van der Waals surface area contributed by atoms with Crippen LogP contribution in [0.3, 0.4) is 0 Å². The van der Waals surface area contributed by atoms with Crippen LogP contribution in [0.5, 0.6) is 0 Å². The van der Waals surface area contributed by atoms with E-state index < -0.39 is 126 Å². The first-order chi connectivity index (χ1) is 32.4. The summed E-state index contributed by atoms with van der Waals surface area (Å²) in [6.07, 6.45) is 2.37. The number of carboxylic acid groups (broad SMARTS) is 2. The molecule has 1 aliphatic heterocycles. The van der Waals surface area contributed by atoms with Crippen molar-refractivity contribution in [1.82, 2.24) is 41.4 Å². The maximum atomic E-state index is 15.2. The highest BCUT2D eigenvalue weighted by atomic mass is 19.1. The van der Waals surface area contributed by atoms with Crippen molar-refractivity contribution in [1.29, 1.82) is 0 Å². The van der Waals surface area contributed by atoms with Gasteiger partial charge in [0.15, 0.2) is 0 Å². The van der Waals surface area contributed by atoms with E-state index in [9.17, 15) is 52.6 Å². The molecule has 69 heavy (non-hydrogen) atoms. The maximum absolute atomic E-state index is 15.2. The number of hydrogen-bond acceptors (Lipinski definition) is 10. The Morgan fingerprint density at radius 3 is 2.00 bits per heavy atom. The normalized spacial score (nSPS) is 14.7. The van der Waals surface area contributed by atoms with Crippen molar-refractivity contribution < 1.29 is 62.1 Å². The van der Waals surface area contributed by atoms with E-state index in [1.165, 1.54) is 6.92 Å². The number of carboxylic acids is 2. The molecule has 0 radical (unpaired) electrons. The Labute approximate surface area is 397 Å². The van der Waals surface area contributed by atoms with Crippen LogP contribution >= 0.6 is 0 Å². The monoisotopic (exact) mass is 962 g/mol. The minimum atomic E-state index is -1.49.